The lowest BCUT2D eigenvalue weighted by atomic mass is 10.3. The van der Waals surface area contributed by atoms with Crippen LogP contribution in [-0.4, -0.2) is 19.7 Å². The van der Waals surface area contributed by atoms with E-state index < -0.39 is 11.6 Å². The van der Waals surface area contributed by atoms with Gasteiger partial charge in [-0.3, -0.25) is 0 Å². The van der Waals surface area contributed by atoms with Crippen LogP contribution in [0.2, 0.25) is 0 Å². The van der Waals surface area contributed by atoms with Gasteiger partial charge in [-0.25, -0.2) is 23.4 Å². The Labute approximate surface area is 125 Å². The number of hydrogen-bond donors (Lipinski definition) is 1. The van der Waals surface area contributed by atoms with Gasteiger partial charge in [-0.05, 0) is 32.0 Å². The summed E-state index contributed by atoms with van der Waals surface area (Å²) < 4.78 is 29.0. The van der Waals surface area contributed by atoms with E-state index >= 15 is 0 Å². The topological polar surface area (TPSA) is 55.6 Å². The van der Waals surface area contributed by atoms with E-state index in [4.69, 9.17) is 0 Å². The van der Waals surface area contributed by atoms with Gasteiger partial charge in [-0.1, -0.05) is 6.07 Å². The molecule has 3 aromatic rings. The molecular formula is C15H13F2N5. The maximum Gasteiger partial charge on any atom is 0.159 e. The van der Waals surface area contributed by atoms with Crippen molar-refractivity contribution in [2.24, 2.45) is 0 Å². The van der Waals surface area contributed by atoms with E-state index in [1.165, 1.54) is 24.5 Å². The van der Waals surface area contributed by atoms with Crippen LogP contribution in [-0.2, 0) is 0 Å². The van der Waals surface area contributed by atoms with E-state index in [0.717, 1.165) is 11.4 Å². The summed E-state index contributed by atoms with van der Waals surface area (Å²) >= 11 is 0. The fourth-order valence-electron chi connectivity index (χ4n) is 2.14. The van der Waals surface area contributed by atoms with Gasteiger partial charge in [0, 0.05) is 11.8 Å². The van der Waals surface area contributed by atoms with Crippen molar-refractivity contribution in [2.45, 2.75) is 13.8 Å². The first kappa shape index (κ1) is 14.1. The molecule has 1 aromatic carbocycles. The van der Waals surface area contributed by atoms with Crippen molar-refractivity contribution < 1.29 is 8.78 Å². The van der Waals surface area contributed by atoms with Crippen LogP contribution in [0, 0.1) is 25.5 Å². The van der Waals surface area contributed by atoms with E-state index in [2.05, 4.69) is 20.4 Å². The molecule has 1 N–H and O–H groups in total. The molecule has 0 amide bonds. The van der Waals surface area contributed by atoms with Crippen molar-refractivity contribution in [2.75, 3.05) is 5.32 Å². The molecule has 2 aromatic heterocycles. The Balaban J connectivity index is 1.97. The van der Waals surface area contributed by atoms with Gasteiger partial charge >= 0.3 is 0 Å². The second-order valence-corrected chi connectivity index (χ2v) is 4.82. The molecule has 3 rings (SSSR count). The monoisotopic (exact) mass is 301 g/mol. The number of aromatic nitrogens is 4. The molecule has 0 saturated carbocycles. The minimum Gasteiger partial charge on any atom is -0.335 e. The third-order valence-corrected chi connectivity index (χ3v) is 3.10. The van der Waals surface area contributed by atoms with Crippen LogP contribution in [0.5, 0.6) is 0 Å². The number of aryl methyl sites for hydroxylation is 2. The number of para-hydroxylation sites is 1. The predicted molar refractivity (Wildman–Crippen MR) is 78.3 cm³/mol. The number of nitrogens with one attached hydrogen (secondary N) is 1. The fraction of sp³-hybridized carbons (Fsp3) is 0.133. The Morgan fingerprint density at radius 2 is 1.77 bits per heavy atom. The highest BCUT2D eigenvalue weighted by atomic mass is 19.1. The van der Waals surface area contributed by atoms with Crippen molar-refractivity contribution in [3.63, 3.8) is 0 Å². The average molecular weight is 301 g/mol. The molecule has 2 heterocycles. The molecule has 22 heavy (non-hydrogen) atoms. The molecule has 0 radical (unpaired) electrons. The molecule has 0 aliphatic heterocycles. The molecular weight excluding hydrogens is 288 g/mol. The van der Waals surface area contributed by atoms with Crippen molar-refractivity contribution in [3.8, 4) is 5.82 Å². The molecule has 0 aliphatic carbocycles. The lowest BCUT2D eigenvalue weighted by molar-refractivity contribution is 0.590. The molecule has 5 nitrogen and oxygen atoms in total. The molecule has 0 bridgehead atoms. The SMILES string of the molecule is Cc1cc(C)n(-c2cc(Nc3c(F)cccc3F)ncn2)n1. The van der Waals surface area contributed by atoms with Gasteiger partial charge in [0.05, 0.1) is 5.69 Å². The zero-order valence-corrected chi connectivity index (χ0v) is 12.0. The summed E-state index contributed by atoms with van der Waals surface area (Å²) in [6.45, 7) is 3.77. The molecule has 112 valence electrons. The predicted octanol–water partition coefficient (Wildman–Crippen LogP) is 3.30. The van der Waals surface area contributed by atoms with E-state index in [9.17, 15) is 8.78 Å². The normalized spacial score (nSPS) is 10.7. The summed E-state index contributed by atoms with van der Waals surface area (Å²) in [4.78, 5) is 8.11. The van der Waals surface area contributed by atoms with E-state index in [-0.39, 0.29) is 11.5 Å². The smallest absolute Gasteiger partial charge is 0.159 e. The second-order valence-electron chi connectivity index (χ2n) is 4.82. The van der Waals surface area contributed by atoms with E-state index in [1.54, 1.807) is 10.7 Å². The summed E-state index contributed by atoms with van der Waals surface area (Å²) in [5.41, 5.74) is 1.51. The first-order valence-corrected chi connectivity index (χ1v) is 6.61. The highest BCUT2D eigenvalue weighted by Crippen LogP contribution is 2.22. The van der Waals surface area contributed by atoms with Gasteiger partial charge in [-0.15, -0.1) is 0 Å². The summed E-state index contributed by atoms with van der Waals surface area (Å²) in [6, 6.07) is 7.14. The number of hydrogen-bond acceptors (Lipinski definition) is 4. The van der Waals surface area contributed by atoms with Gasteiger partial charge < -0.3 is 5.32 Å². The zero-order valence-electron chi connectivity index (χ0n) is 12.0. The third kappa shape index (κ3) is 2.65. The lowest BCUT2D eigenvalue weighted by Crippen LogP contribution is -2.05. The number of anilines is 2. The highest BCUT2D eigenvalue weighted by Gasteiger charge is 2.11. The number of nitrogens with zero attached hydrogens (tertiary/aromatic N) is 4. The highest BCUT2D eigenvalue weighted by molar-refractivity contribution is 5.58. The summed E-state index contributed by atoms with van der Waals surface area (Å²) in [5, 5.41) is 6.95. The maximum absolute atomic E-state index is 13.7. The Bertz CT molecular complexity index is 808. The maximum atomic E-state index is 13.7. The minimum atomic E-state index is -0.689. The fourth-order valence-corrected chi connectivity index (χ4v) is 2.14. The summed E-state index contributed by atoms with van der Waals surface area (Å²) in [5.74, 6) is -0.584. The van der Waals surface area contributed by atoms with Crippen LogP contribution in [0.4, 0.5) is 20.3 Å². The first-order chi connectivity index (χ1) is 10.5. The van der Waals surface area contributed by atoms with E-state index in [1.807, 2.05) is 19.9 Å². The van der Waals surface area contributed by atoms with Gasteiger partial charge in [0.25, 0.3) is 0 Å². The average Bonchev–Trinajstić information content (AvgIpc) is 2.82. The van der Waals surface area contributed by atoms with E-state index in [0.29, 0.717) is 5.82 Å². The number of halogens is 2. The molecule has 0 saturated heterocycles. The Morgan fingerprint density at radius 3 is 2.41 bits per heavy atom. The van der Waals surface area contributed by atoms with Crippen molar-refractivity contribution in [1.29, 1.82) is 0 Å². The minimum absolute atomic E-state index is 0.250. The Morgan fingerprint density at radius 1 is 1.05 bits per heavy atom. The van der Waals surface area contributed by atoms with Crippen molar-refractivity contribution in [1.82, 2.24) is 19.7 Å². The first-order valence-electron chi connectivity index (χ1n) is 6.61. The summed E-state index contributed by atoms with van der Waals surface area (Å²) in [6.07, 6.45) is 1.31. The van der Waals surface area contributed by atoms with Crippen molar-refractivity contribution in [3.05, 3.63) is 59.7 Å². The van der Waals surface area contributed by atoms with Crippen LogP contribution >= 0.6 is 0 Å². The Hall–Kier alpha value is -2.83. The van der Waals surface area contributed by atoms with Crippen LogP contribution in [0.15, 0.2) is 36.7 Å². The zero-order chi connectivity index (χ0) is 15.7. The molecule has 0 fully saturated rings. The van der Waals surface area contributed by atoms with Crippen LogP contribution in [0.1, 0.15) is 11.4 Å². The van der Waals surface area contributed by atoms with Crippen LogP contribution in [0.3, 0.4) is 0 Å². The summed E-state index contributed by atoms with van der Waals surface area (Å²) in [7, 11) is 0. The quantitative estimate of drug-likeness (QED) is 0.806. The van der Waals surface area contributed by atoms with Gasteiger partial charge in [-0.2, -0.15) is 5.10 Å². The number of rotatable bonds is 3. The van der Waals surface area contributed by atoms with Gasteiger partial charge in [0.2, 0.25) is 0 Å². The largest absolute Gasteiger partial charge is 0.335 e. The Kier molecular flexibility index (Phi) is 3.54. The molecule has 0 atom stereocenters. The molecule has 7 heteroatoms. The number of benzene rings is 1. The molecule has 0 aliphatic rings. The standard InChI is InChI=1S/C15H13F2N5/c1-9-6-10(2)22(21-9)14-7-13(18-8-19-14)20-15-11(16)4-3-5-12(15)17/h3-8H,1-2H3,(H,18,19,20). The van der Waals surface area contributed by atoms with Gasteiger partial charge in [0.15, 0.2) is 5.82 Å². The molecule has 0 spiro atoms. The molecule has 0 unspecified atom stereocenters. The van der Waals surface area contributed by atoms with Gasteiger partial charge in [0.1, 0.15) is 29.5 Å². The lowest BCUT2D eigenvalue weighted by Gasteiger charge is -2.09. The second kappa shape index (κ2) is 5.51. The van der Waals surface area contributed by atoms with Crippen molar-refractivity contribution >= 4 is 11.5 Å². The van der Waals surface area contributed by atoms with Crippen LogP contribution < -0.4 is 5.32 Å². The van der Waals surface area contributed by atoms with Crippen LogP contribution in [0.25, 0.3) is 5.82 Å². The third-order valence-electron chi connectivity index (χ3n) is 3.10.